The number of amides is 1. The number of nitrogens with one attached hydrogen (secondary N) is 2. The highest BCUT2D eigenvalue weighted by atomic mass is 79.9. The first-order valence-electron chi connectivity index (χ1n) is 5.35. The first-order chi connectivity index (χ1) is 9.10. The molecule has 1 unspecified atom stereocenters. The molecule has 1 rings (SSSR count). The number of rotatable bonds is 4. The van der Waals surface area contributed by atoms with E-state index in [1.54, 1.807) is 5.32 Å². The molecule has 0 saturated carbocycles. The van der Waals surface area contributed by atoms with E-state index in [0.29, 0.717) is 6.07 Å². The predicted octanol–water partition coefficient (Wildman–Crippen LogP) is 3.21. The van der Waals surface area contributed by atoms with E-state index in [4.69, 9.17) is 0 Å². The second-order valence-corrected chi connectivity index (χ2v) is 4.80. The molecule has 3 nitrogen and oxygen atoms in total. The van der Waals surface area contributed by atoms with Gasteiger partial charge in [-0.25, -0.2) is 8.78 Å². The van der Waals surface area contributed by atoms with Gasteiger partial charge in [-0.05, 0) is 28.9 Å². The van der Waals surface area contributed by atoms with Crippen LogP contribution in [0.25, 0.3) is 0 Å². The minimum absolute atomic E-state index is 0.0190. The topological polar surface area (TPSA) is 41.1 Å². The van der Waals surface area contributed by atoms with Gasteiger partial charge in [-0.2, -0.15) is 13.2 Å². The fraction of sp³-hybridized carbons (Fsp3) is 0.364. The minimum Gasteiger partial charge on any atom is -0.371 e. The summed E-state index contributed by atoms with van der Waals surface area (Å²) in [5.74, 6) is -2.75. The van der Waals surface area contributed by atoms with Crippen LogP contribution in [0.15, 0.2) is 16.6 Å². The molecule has 112 valence electrons. The highest BCUT2D eigenvalue weighted by molar-refractivity contribution is 9.10. The Labute approximate surface area is 119 Å². The zero-order valence-corrected chi connectivity index (χ0v) is 11.7. The van der Waals surface area contributed by atoms with Gasteiger partial charge in [0.1, 0.15) is 24.2 Å². The average molecular weight is 361 g/mol. The van der Waals surface area contributed by atoms with E-state index < -0.39 is 36.3 Å². The zero-order valence-electron chi connectivity index (χ0n) is 10.1. The van der Waals surface area contributed by atoms with Crippen molar-refractivity contribution >= 4 is 27.5 Å². The lowest BCUT2D eigenvalue weighted by Crippen LogP contribution is -2.42. The van der Waals surface area contributed by atoms with Crippen molar-refractivity contribution < 1.29 is 26.7 Å². The molecule has 9 heteroatoms. The van der Waals surface area contributed by atoms with Crippen molar-refractivity contribution in [2.45, 2.75) is 19.1 Å². The molecule has 0 aliphatic carbocycles. The number of hydrogen-bond donors (Lipinski definition) is 2. The van der Waals surface area contributed by atoms with Gasteiger partial charge in [-0.1, -0.05) is 0 Å². The van der Waals surface area contributed by atoms with Gasteiger partial charge < -0.3 is 10.6 Å². The fourth-order valence-corrected chi connectivity index (χ4v) is 1.83. The summed E-state index contributed by atoms with van der Waals surface area (Å²) >= 11 is 2.89. The molecule has 1 atom stereocenters. The van der Waals surface area contributed by atoms with Crippen LogP contribution in [-0.2, 0) is 4.79 Å². The van der Waals surface area contributed by atoms with E-state index in [-0.39, 0.29) is 10.2 Å². The van der Waals surface area contributed by atoms with Gasteiger partial charge in [0.2, 0.25) is 5.91 Å². The molecule has 1 aromatic rings. The fourth-order valence-electron chi connectivity index (χ4n) is 1.30. The Morgan fingerprint density at radius 3 is 2.45 bits per heavy atom. The molecule has 0 heterocycles. The summed E-state index contributed by atoms with van der Waals surface area (Å²) in [5.41, 5.74) is -0.207. The lowest BCUT2D eigenvalue weighted by atomic mass is 10.2. The Kier molecular flexibility index (Phi) is 5.32. The highest BCUT2D eigenvalue weighted by Crippen LogP contribution is 2.27. The van der Waals surface area contributed by atoms with Gasteiger partial charge in [0, 0.05) is 10.5 Å². The molecule has 0 aromatic heterocycles. The molecule has 0 spiro atoms. The van der Waals surface area contributed by atoms with Crippen molar-refractivity contribution in [3.8, 4) is 0 Å². The zero-order chi connectivity index (χ0) is 15.5. The molecule has 0 saturated heterocycles. The van der Waals surface area contributed by atoms with E-state index in [9.17, 15) is 26.7 Å². The molecule has 0 aliphatic rings. The van der Waals surface area contributed by atoms with Crippen LogP contribution < -0.4 is 10.6 Å². The SMILES string of the molecule is CC(Nc1c(F)cc(F)cc1Br)C(=O)NCC(F)(F)F. The molecule has 0 aliphatic heterocycles. The molecule has 0 fully saturated rings. The van der Waals surface area contributed by atoms with Crippen molar-refractivity contribution in [2.75, 3.05) is 11.9 Å². The van der Waals surface area contributed by atoms with Gasteiger partial charge >= 0.3 is 6.18 Å². The minimum atomic E-state index is -4.53. The Balaban J connectivity index is 2.71. The normalized spacial score (nSPS) is 12.9. The number of benzene rings is 1. The Hall–Kier alpha value is -1.38. The number of carbonyl (C=O) groups is 1. The van der Waals surface area contributed by atoms with E-state index in [1.807, 2.05) is 0 Å². The van der Waals surface area contributed by atoms with Crippen molar-refractivity contribution in [3.05, 3.63) is 28.2 Å². The summed E-state index contributed by atoms with van der Waals surface area (Å²) in [6.45, 7) is -0.230. The standard InChI is InChI=1S/C11H10BrF5N2O/c1-5(10(20)18-4-11(15,16)17)19-9-7(12)2-6(13)3-8(9)14/h2-3,5,19H,4H2,1H3,(H,18,20). The quantitative estimate of drug-likeness (QED) is 0.809. The van der Waals surface area contributed by atoms with Gasteiger partial charge in [-0.3, -0.25) is 4.79 Å². The lowest BCUT2D eigenvalue weighted by Gasteiger charge is -2.17. The third-order valence-corrected chi connectivity index (χ3v) is 2.85. The van der Waals surface area contributed by atoms with Crippen LogP contribution >= 0.6 is 15.9 Å². The molecular formula is C11H10BrF5N2O. The summed E-state index contributed by atoms with van der Waals surface area (Å²) in [6.07, 6.45) is -4.53. The van der Waals surface area contributed by atoms with Gasteiger partial charge in [0.25, 0.3) is 0 Å². The lowest BCUT2D eigenvalue weighted by molar-refractivity contribution is -0.138. The Morgan fingerprint density at radius 2 is 1.95 bits per heavy atom. The van der Waals surface area contributed by atoms with Crippen LogP contribution in [-0.4, -0.2) is 24.7 Å². The van der Waals surface area contributed by atoms with Gasteiger partial charge in [0.15, 0.2) is 0 Å². The molecule has 0 bridgehead atoms. The van der Waals surface area contributed by atoms with Crippen molar-refractivity contribution in [1.82, 2.24) is 5.32 Å². The Morgan fingerprint density at radius 1 is 1.35 bits per heavy atom. The summed E-state index contributed by atoms with van der Waals surface area (Å²) in [6, 6.07) is 0.424. The van der Waals surface area contributed by atoms with Crippen LogP contribution in [0.5, 0.6) is 0 Å². The Bertz CT molecular complexity index is 483. The summed E-state index contributed by atoms with van der Waals surface area (Å²) in [4.78, 5) is 11.4. The maximum atomic E-state index is 13.5. The molecule has 20 heavy (non-hydrogen) atoms. The van der Waals surface area contributed by atoms with Gasteiger partial charge in [-0.15, -0.1) is 0 Å². The third kappa shape index (κ3) is 4.95. The number of hydrogen-bond acceptors (Lipinski definition) is 2. The molecule has 1 amide bonds. The number of anilines is 1. The third-order valence-electron chi connectivity index (χ3n) is 2.22. The average Bonchev–Trinajstić information content (AvgIpc) is 2.29. The van der Waals surface area contributed by atoms with Crippen LogP contribution in [0.2, 0.25) is 0 Å². The molecule has 0 radical (unpaired) electrons. The predicted molar refractivity (Wildman–Crippen MR) is 66.2 cm³/mol. The van der Waals surface area contributed by atoms with Gasteiger partial charge in [0.05, 0.1) is 5.69 Å². The number of halogens is 6. The van der Waals surface area contributed by atoms with E-state index in [0.717, 1.165) is 6.07 Å². The van der Waals surface area contributed by atoms with Crippen LogP contribution in [0.1, 0.15) is 6.92 Å². The monoisotopic (exact) mass is 360 g/mol. The number of alkyl halides is 3. The van der Waals surface area contributed by atoms with Crippen LogP contribution in [0.4, 0.5) is 27.6 Å². The van der Waals surface area contributed by atoms with E-state index >= 15 is 0 Å². The molecule has 2 N–H and O–H groups in total. The number of carbonyl (C=O) groups excluding carboxylic acids is 1. The van der Waals surface area contributed by atoms with Crippen molar-refractivity contribution in [2.24, 2.45) is 0 Å². The van der Waals surface area contributed by atoms with E-state index in [1.165, 1.54) is 6.92 Å². The first kappa shape index (κ1) is 16.7. The summed E-state index contributed by atoms with van der Waals surface area (Å²) in [7, 11) is 0. The van der Waals surface area contributed by atoms with Crippen molar-refractivity contribution in [3.63, 3.8) is 0 Å². The molecule has 1 aromatic carbocycles. The maximum absolute atomic E-state index is 13.5. The van der Waals surface area contributed by atoms with Crippen LogP contribution in [0, 0.1) is 11.6 Å². The van der Waals surface area contributed by atoms with Crippen LogP contribution in [0.3, 0.4) is 0 Å². The van der Waals surface area contributed by atoms with Crippen molar-refractivity contribution in [1.29, 1.82) is 0 Å². The van der Waals surface area contributed by atoms with E-state index in [2.05, 4.69) is 21.2 Å². The largest absolute Gasteiger partial charge is 0.405 e. The smallest absolute Gasteiger partial charge is 0.371 e. The maximum Gasteiger partial charge on any atom is 0.405 e. The molecular weight excluding hydrogens is 351 g/mol. The summed E-state index contributed by atoms with van der Waals surface area (Å²) < 4.78 is 62.1. The summed E-state index contributed by atoms with van der Waals surface area (Å²) in [5, 5.41) is 4.03. The highest BCUT2D eigenvalue weighted by Gasteiger charge is 2.29. The second kappa shape index (κ2) is 6.38. The second-order valence-electron chi connectivity index (χ2n) is 3.94. The first-order valence-corrected chi connectivity index (χ1v) is 6.15.